The molecule has 1 aliphatic rings. The number of sulfonamides is 1. The number of hydrogen-bond donors (Lipinski definition) is 2. The van der Waals surface area contributed by atoms with Crippen molar-refractivity contribution in [3.63, 3.8) is 0 Å². The standard InChI is InChI=1S/C23H23F3N4O3S/c1-15-12-27-10-8-19(15)16-2-5-18(6-3-16)34(32,33)30-11-9-20(21(31)14-30)29-22-7-4-17(13-28-22)23(24,25)26/h2-8,10,12-13,20-21,31H,9,11,14H2,1H3,(H,28,29)/t20-,21+/m1/s1. The summed E-state index contributed by atoms with van der Waals surface area (Å²) in [4.78, 5) is 7.93. The fourth-order valence-corrected chi connectivity index (χ4v) is 5.35. The van der Waals surface area contributed by atoms with Gasteiger partial charge in [0.2, 0.25) is 10.0 Å². The summed E-state index contributed by atoms with van der Waals surface area (Å²) in [6.07, 6.45) is -1.17. The van der Waals surface area contributed by atoms with Gasteiger partial charge in [-0.15, -0.1) is 0 Å². The van der Waals surface area contributed by atoms with E-state index in [0.29, 0.717) is 6.20 Å². The van der Waals surface area contributed by atoms with Gasteiger partial charge in [-0.2, -0.15) is 17.5 Å². The largest absolute Gasteiger partial charge is 0.417 e. The van der Waals surface area contributed by atoms with E-state index in [-0.39, 0.29) is 30.2 Å². The fourth-order valence-electron chi connectivity index (χ4n) is 3.88. The van der Waals surface area contributed by atoms with Crippen molar-refractivity contribution in [1.29, 1.82) is 0 Å². The maximum absolute atomic E-state index is 13.1. The van der Waals surface area contributed by atoms with Crippen LogP contribution in [-0.4, -0.2) is 53.0 Å². The molecule has 0 aliphatic carbocycles. The van der Waals surface area contributed by atoms with E-state index in [0.717, 1.165) is 22.8 Å². The molecule has 0 amide bonds. The lowest BCUT2D eigenvalue weighted by atomic mass is 10.0. The van der Waals surface area contributed by atoms with Crippen LogP contribution in [0.5, 0.6) is 0 Å². The second-order valence-corrected chi connectivity index (χ2v) is 10.1. The number of piperidine rings is 1. The van der Waals surface area contributed by atoms with Gasteiger partial charge in [0.25, 0.3) is 0 Å². The van der Waals surface area contributed by atoms with Crippen molar-refractivity contribution in [3.05, 3.63) is 72.2 Å². The second-order valence-electron chi connectivity index (χ2n) is 8.11. The van der Waals surface area contributed by atoms with Gasteiger partial charge in [0, 0.05) is 31.7 Å². The SMILES string of the molecule is Cc1cnccc1-c1ccc(S(=O)(=O)N2CC[C@@H](Nc3ccc(C(F)(F)F)cn3)[C@@H](O)C2)cc1. The monoisotopic (exact) mass is 492 g/mol. The molecule has 180 valence electrons. The molecule has 0 spiro atoms. The van der Waals surface area contributed by atoms with Gasteiger partial charge < -0.3 is 10.4 Å². The van der Waals surface area contributed by atoms with E-state index in [2.05, 4.69) is 15.3 Å². The van der Waals surface area contributed by atoms with Crippen molar-refractivity contribution in [1.82, 2.24) is 14.3 Å². The highest BCUT2D eigenvalue weighted by molar-refractivity contribution is 7.89. The fraction of sp³-hybridized carbons (Fsp3) is 0.304. The van der Waals surface area contributed by atoms with Crippen LogP contribution in [0.25, 0.3) is 11.1 Å². The van der Waals surface area contributed by atoms with Crippen LogP contribution in [0.15, 0.2) is 66.0 Å². The Morgan fingerprint density at radius 2 is 1.82 bits per heavy atom. The minimum absolute atomic E-state index is 0.117. The predicted molar refractivity (Wildman–Crippen MR) is 120 cm³/mol. The number of aryl methyl sites for hydroxylation is 1. The van der Waals surface area contributed by atoms with Crippen LogP contribution in [0.3, 0.4) is 0 Å². The van der Waals surface area contributed by atoms with Gasteiger partial charge in [-0.1, -0.05) is 12.1 Å². The molecule has 1 fully saturated rings. The predicted octanol–water partition coefficient (Wildman–Crippen LogP) is 3.71. The van der Waals surface area contributed by atoms with Crippen molar-refractivity contribution in [2.75, 3.05) is 18.4 Å². The molecule has 0 unspecified atom stereocenters. The number of nitrogens with one attached hydrogen (secondary N) is 1. The topological polar surface area (TPSA) is 95.4 Å². The van der Waals surface area contributed by atoms with Crippen LogP contribution in [0.1, 0.15) is 17.5 Å². The van der Waals surface area contributed by atoms with Crippen molar-refractivity contribution >= 4 is 15.8 Å². The zero-order chi connectivity index (χ0) is 24.5. The first-order valence-corrected chi connectivity index (χ1v) is 12.0. The van der Waals surface area contributed by atoms with E-state index in [4.69, 9.17) is 0 Å². The van der Waals surface area contributed by atoms with E-state index in [1.54, 1.807) is 24.5 Å². The van der Waals surface area contributed by atoms with Gasteiger partial charge in [0.15, 0.2) is 0 Å². The minimum atomic E-state index is -4.49. The van der Waals surface area contributed by atoms with Crippen LogP contribution < -0.4 is 5.32 Å². The molecule has 34 heavy (non-hydrogen) atoms. The minimum Gasteiger partial charge on any atom is -0.390 e. The number of aliphatic hydroxyl groups excluding tert-OH is 1. The van der Waals surface area contributed by atoms with Gasteiger partial charge in [-0.25, -0.2) is 13.4 Å². The third-order valence-electron chi connectivity index (χ3n) is 5.79. The van der Waals surface area contributed by atoms with Crippen LogP contribution in [0.2, 0.25) is 0 Å². The first-order chi connectivity index (χ1) is 16.1. The zero-order valence-electron chi connectivity index (χ0n) is 18.2. The molecule has 1 aliphatic heterocycles. The van der Waals surface area contributed by atoms with Crippen LogP contribution >= 0.6 is 0 Å². The number of rotatable bonds is 5. The Bertz CT molecular complexity index is 1250. The molecule has 7 nitrogen and oxygen atoms in total. The molecule has 11 heteroatoms. The lowest BCUT2D eigenvalue weighted by Crippen LogP contribution is -2.51. The summed E-state index contributed by atoms with van der Waals surface area (Å²) < 4.78 is 65.5. The molecule has 0 bridgehead atoms. The molecule has 4 rings (SSSR count). The molecule has 2 aromatic heterocycles. The number of pyridine rings is 2. The Morgan fingerprint density at radius 1 is 1.09 bits per heavy atom. The summed E-state index contributed by atoms with van der Waals surface area (Å²) >= 11 is 0. The normalized spacial score (nSPS) is 19.7. The molecule has 2 N–H and O–H groups in total. The Balaban J connectivity index is 1.42. The van der Waals surface area contributed by atoms with Crippen LogP contribution in [0.4, 0.5) is 19.0 Å². The number of anilines is 1. The smallest absolute Gasteiger partial charge is 0.390 e. The number of halogens is 3. The molecular weight excluding hydrogens is 469 g/mol. The van der Waals surface area contributed by atoms with Gasteiger partial charge in [0.1, 0.15) is 5.82 Å². The van der Waals surface area contributed by atoms with Crippen molar-refractivity contribution in [3.8, 4) is 11.1 Å². The number of nitrogens with zero attached hydrogens (tertiary/aromatic N) is 3. The highest BCUT2D eigenvalue weighted by Crippen LogP contribution is 2.30. The molecular formula is C23H23F3N4O3S. The summed E-state index contributed by atoms with van der Waals surface area (Å²) in [5.74, 6) is 0.176. The number of hydrogen-bond acceptors (Lipinski definition) is 6. The summed E-state index contributed by atoms with van der Waals surface area (Å²) in [5, 5.41) is 13.4. The number of alkyl halides is 3. The summed E-state index contributed by atoms with van der Waals surface area (Å²) in [6, 6.07) is 9.93. The van der Waals surface area contributed by atoms with Gasteiger partial charge >= 0.3 is 6.18 Å². The summed E-state index contributed by atoms with van der Waals surface area (Å²) in [6.45, 7) is 1.92. The van der Waals surface area contributed by atoms with E-state index >= 15 is 0 Å². The number of aromatic nitrogens is 2. The van der Waals surface area contributed by atoms with E-state index < -0.39 is 33.9 Å². The molecule has 3 heterocycles. The third kappa shape index (κ3) is 5.06. The molecule has 1 aromatic carbocycles. The number of benzene rings is 1. The number of aliphatic hydroxyl groups is 1. The Hall–Kier alpha value is -3.02. The van der Waals surface area contributed by atoms with Crippen LogP contribution in [-0.2, 0) is 16.2 Å². The highest BCUT2D eigenvalue weighted by Gasteiger charge is 2.35. The van der Waals surface area contributed by atoms with E-state index in [1.165, 1.54) is 22.5 Å². The average molecular weight is 493 g/mol. The lowest BCUT2D eigenvalue weighted by molar-refractivity contribution is -0.137. The maximum Gasteiger partial charge on any atom is 0.417 e. The van der Waals surface area contributed by atoms with E-state index in [1.807, 2.05) is 13.0 Å². The summed E-state index contributed by atoms with van der Waals surface area (Å²) in [7, 11) is -3.83. The average Bonchev–Trinajstić information content (AvgIpc) is 2.80. The summed E-state index contributed by atoms with van der Waals surface area (Å²) in [5.41, 5.74) is 1.92. The zero-order valence-corrected chi connectivity index (χ0v) is 19.0. The van der Waals surface area contributed by atoms with Crippen molar-refractivity contribution < 1.29 is 26.7 Å². The second kappa shape index (κ2) is 9.32. The maximum atomic E-state index is 13.1. The van der Waals surface area contributed by atoms with Gasteiger partial charge in [-0.05, 0) is 60.4 Å². The molecule has 2 atom stereocenters. The lowest BCUT2D eigenvalue weighted by Gasteiger charge is -2.35. The quantitative estimate of drug-likeness (QED) is 0.564. The Kier molecular flexibility index (Phi) is 6.61. The van der Waals surface area contributed by atoms with Crippen LogP contribution in [0, 0.1) is 6.92 Å². The third-order valence-corrected chi connectivity index (χ3v) is 7.67. The molecule has 0 saturated carbocycles. The number of β-amino-alcohol motifs (C(OH)–C–C–N with tert-alkyl or cyclic N) is 1. The molecule has 1 saturated heterocycles. The first-order valence-electron chi connectivity index (χ1n) is 10.5. The molecule has 0 radical (unpaired) electrons. The molecule has 3 aromatic rings. The highest BCUT2D eigenvalue weighted by atomic mass is 32.2. The van der Waals surface area contributed by atoms with Gasteiger partial charge in [-0.3, -0.25) is 4.98 Å². The van der Waals surface area contributed by atoms with Crippen molar-refractivity contribution in [2.45, 2.75) is 36.6 Å². The Labute approximate surface area is 195 Å². The van der Waals surface area contributed by atoms with Crippen molar-refractivity contribution in [2.24, 2.45) is 0 Å². The van der Waals surface area contributed by atoms with Gasteiger partial charge in [0.05, 0.1) is 22.6 Å². The first kappa shape index (κ1) is 24.1. The van der Waals surface area contributed by atoms with E-state index in [9.17, 15) is 26.7 Å². The Morgan fingerprint density at radius 3 is 2.41 bits per heavy atom.